The molecule has 1 aliphatic rings. The lowest BCUT2D eigenvalue weighted by atomic mass is 10.2. The molecule has 0 aliphatic carbocycles. The summed E-state index contributed by atoms with van der Waals surface area (Å²) in [7, 11) is 0. The first-order valence-corrected chi connectivity index (χ1v) is 6.84. The van der Waals surface area contributed by atoms with Crippen molar-refractivity contribution in [2.24, 2.45) is 10.8 Å². The number of hydrogen-bond donors (Lipinski definition) is 1. The summed E-state index contributed by atoms with van der Waals surface area (Å²) in [5.74, 6) is 6.75. The summed E-state index contributed by atoms with van der Waals surface area (Å²) in [4.78, 5) is 4.46. The van der Waals surface area contributed by atoms with E-state index >= 15 is 0 Å². The Morgan fingerprint density at radius 2 is 2.05 bits per heavy atom. The van der Waals surface area contributed by atoms with E-state index in [1.54, 1.807) is 5.01 Å². The van der Waals surface area contributed by atoms with Crippen LogP contribution in [0.5, 0.6) is 0 Å². The molecule has 2 heterocycles. The minimum atomic E-state index is 0.718. The number of rotatable bonds is 2. The lowest BCUT2D eigenvalue weighted by Crippen LogP contribution is -2.36. The molecule has 0 atom stereocenters. The van der Waals surface area contributed by atoms with Gasteiger partial charge < -0.3 is 0 Å². The highest BCUT2D eigenvalue weighted by Crippen LogP contribution is 2.22. The zero-order chi connectivity index (χ0) is 14.3. The van der Waals surface area contributed by atoms with Crippen LogP contribution in [0.3, 0.4) is 0 Å². The number of nitrogens with two attached hydrogens (primary N) is 1. The number of hydrazine groups is 1. The van der Waals surface area contributed by atoms with E-state index in [0.717, 1.165) is 46.6 Å². The van der Waals surface area contributed by atoms with Crippen molar-refractivity contribution in [1.29, 1.82) is 0 Å². The summed E-state index contributed by atoms with van der Waals surface area (Å²) in [6, 6.07) is 7.75. The first-order valence-electron chi connectivity index (χ1n) is 6.46. The Labute approximate surface area is 122 Å². The molecule has 104 valence electrons. The van der Waals surface area contributed by atoms with E-state index in [1.807, 2.05) is 42.8 Å². The van der Waals surface area contributed by atoms with Gasteiger partial charge in [0, 0.05) is 5.02 Å². The summed E-state index contributed by atoms with van der Waals surface area (Å²) < 4.78 is 1.88. The predicted octanol–water partition coefficient (Wildman–Crippen LogP) is 2.08. The molecule has 2 N–H and O–H groups in total. The number of hydrogen-bond acceptors (Lipinski definition) is 4. The van der Waals surface area contributed by atoms with Crippen molar-refractivity contribution in [3.05, 3.63) is 46.2 Å². The van der Waals surface area contributed by atoms with E-state index < -0.39 is 0 Å². The van der Waals surface area contributed by atoms with Crippen molar-refractivity contribution in [1.82, 2.24) is 14.8 Å². The Morgan fingerprint density at radius 3 is 2.70 bits per heavy atom. The molecule has 1 aromatic carbocycles. The standard InChI is InChI=1S/C14H16ClN5/c1-9-7-11(15)3-4-12(9)20-13(8-10(2)18-20)14-17-5-6-19(14)16/h3-4,7-8H,5-6,16H2,1-2H3. The van der Waals surface area contributed by atoms with Crippen LogP contribution >= 0.6 is 11.6 Å². The van der Waals surface area contributed by atoms with Crippen molar-refractivity contribution >= 4 is 17.4 Å². The second-order valence-electron chi connectivity index (χ2n) is 4.91. The van der Waals surface area contributed by atoms with Crippen molar-refractivity contribution < 1.29 is 0 Å². The van der Waals surface area contributed by atoms with E-state index in [0.29, 0.717) is 0 Å². The molecular weight excluding hydrogens is 274 g/mol. The average Bonchev–Trinajstić information content (AvgIpc) is 2.95. The fraction of sp³-hybridized carbons (Fsp3) is 0.286. The Hall–Kier alpha value is -1.85. The Bertz CT molecular complexity index is 689. The van der Waals surface area contributed by atoms with Gasteiger partial charge in [0.2, 0.25) is 0 Å². The molecule has 0 unspecified atom stereocenters. The third-order valence-corrected chi connectivity index (χ3v) is 3.56. The van der Waals surface area contributed by atoms with Gasteiger partial charge in [0.25, 0.3) is 0 Å². The van der Waals surface area contributed by atoms with E-state index in [2.05, 4.69) is 10.1 Å². The molecule has 1 aromatic heterocycles. The SMILES string of the molecule is Cc1cc(C2=NCCN2N)n(-c2ccc(Cl)cc2C)n1. The maximum Gasteiger partial charge on any atom is 0.164 e. The number of aromatic nitrogens is 2. The molecule has 0 radical (unpaired) electrons. The van der Waals surface area contributed by atoms with Crippen LogP contribution in [0, 0.1) is 13.8 Å². The number of aliphatic imine (C=N–C) groups is 1. The monoisotopic (exact) mass is 289 g/mol. The highest BCUT2D eigenvalue weighted by Gasteiger charge is 2.21. The molecule has 6 heteroatoms. The molecule has 0 bridgehead atoms. The average molecular weight is 290 g/mol. The molecule has 0 saturated carbocycles. The van der Waals surface area contributed by atoms with Crippen LogP contribution in [0.2, 0.25) is 5.02 Å². The second kappa shape index (κ2) is 4.92. The minimum absolute atomic E-state index is 0.718. The zero-order valence-electron chi connectivity index (χ0n) is 11.5. The van der Waals surface area contributed by atoms with Gasteiger partial charge in [0.05, 0.1) is 24.5 Å². The normalized spacial score (nSPS) is 14.8. The number of amidine groups is 1. The predicted molar refractivity (Wildman–Crippen MR) is 80.3 cm³/mol. The molecule has 3 rings (SSSR count). The molecule has 20 heavy (non-hydrogen) atoms. The van der Waals surface area contributed by atoms with Crippen LogP contribution < -0.4 is 5.84 Å². The first-order chi connectivity index (χ1) is 9.56. The maximum absolute atomic E-state index is 6.02. The van der Waals surface area contributed by atoms with E-state index in [4.69, 9.17) is 17.4 Å². The molecule has 1 aliphatic heterocycles. The number of nitrogens with zero attached hydrogens (tertiary/aromatic N) is 4. The Balaban J connectivity index is 2.15. The van der Waals surface area contributed by atoms with Crippen LogP contribution in [0.1, 0.15) is 17.0 Å². The quantitative estimate of drug-likeness (QED) is 0.861. The smallest absolute Gasteiger partial charge is 0.164 e. The van der Waals surface area contributed by atoms with Crippen LogP contribution in [0.25, 0.3) is 5.69 Å². The maximum atomic E-state index is 6.02. The topological polar surface area (TPSA) is 59.4 Å². The summed E-state index contributed by atoms with van der Waals surface area (Å²) >= 11 is 6.02. The molecule has 0 fully saturated rings. The molecule has 2 aromatic rings. The third-order valence-electron chi connectivity index (χ3n) is 3.32. The lowest BCUT2D eigenvalue weighted by molar-refractivity contribution is 0.482. The van der Waals surface area contributed by atoms with Crippen molar-refractivity contribution in [2.45, 2.75) is 13.8 Å². The van der Waals surface area contributed by atoms with Gasteiger partial charge in [-0.3, -0.25) is 10.0 Å². The molecule has 5 nitrogen and oxygen atoms in total. The Kier molecular flexibility index (Phi) is 3.23. The van der Waals surface area contributed by atoms with Crippen molar-refractivity contribution in [2.75, 3.05) is 13.1 Å². The largest absolute Gasteiger partial charge is 0.291 e. The number of halogens is 1. The highest BCUT2D eigenvalue weighted by atomic mass is 35.5. The van der Waals surface area contributed by atoms with Gasteiger partial charge >= 0.3 is 0 Å². The van der Waals surface area contributed by atoms with Gasteiger partial charge in [-0.1, -0.05) is 11.6 Å². The zero-order valence-corrected chi connectivity index (χ0v) is 12.2. The van der Waals surface area contributed by atoms with Crippen LogP contribution in [-0.4, -0.2) is 33.7 Å². The molecule has 0 spiro atoms. The van der Waals surface area contributed by atoms with Crippen LogP contribution in [0.4, 0.5) is 0 Å². The lowest BCUT2D eigenvalue weighted by Gasteiger charge is -2.15. The summed E-state index contributed by atoms with van der Waals surface area (Å²) in [5, 5.41) is 6.94. The number of benzene rings is 1. The highest BCUT2D eigenvalue weighted by molar-refractivity contribution is 6.30. The van der Waals surface area contributed by atoms with Gasteiger partial charge in [-0.05, 0) is 43.7 Å². The van der Waals surface area contributed by atoms with Crippen molar-refractivity contribution in [3.63, 3.8) is 0 Å². The van der Waals surface area contributed by atoms with Gasteiger partial charge in [0.1, 0.15) is 5.69 Å². The van der Waals surface area contributed by atoms with Gasteiger partial charge in [0.15, 0.2) is 5.84 Å². The van der Waals surface area contributed by atoms with Gasteiger partial charge in [-0.2, -0.15) is 5.10 Å². The second-order valence-corrected chi connectivity index (χ2v) is 5.35. The fourth-order valence-corrected chi connectivity index (χ4v) is 2.61. The van der Waals surface area contributed by atoms with Gasteiger partial charge in [-0.15, -0.1) is 0 Å². The van der Waals surface area contributed by atoms with E-state index in [9.17, 15) is 0 Å². The summed E-state index contributed by atoms with van der Waals surface area (Å²) in [6.45, 7) is 5.43. The Morgan fingerprint density at radius 1 is 1.25 bits per heavy atom. The summed E-state index contributed by atoms with van der Waals surface area (Å²) in [6.07, 6.45) is 0. The molecule has 0 saturated heterocycles. The fourth-order valence-electron chi connectivity index (χ4n) is 2.39. The number of aryl methyl sites for hydroxylation is 2. The molecule has 0 amide bonds. The summed E-state index contributed by atoms with van der Waals surface area (Å²) in [5.41, 5.74) is 3.88. The van der Waals surface area contributed by atoms with Crippen molar-refractivity contribution in [3.8, 4) is 5.69 Å². The van der Waals surface area contributed by atoms with E-state index in [-0.39, 0.29) is 0 Å². The van der Waals surface area contributed by atoms with Gasteiger partial charge in [-0.25, -0.2) is 10.5 Å². The van der Waals surface area contributed by atoms with E-state index in [1.165, 1.54) is 0 Å². The van der Waals surface area contributed by atoms with Crippen LogP contribution in [0.15, 0.2) is 29.3 Å². The minimum Gasteiger partial charge on any atom is -0.291 e. The third kappa shape index (κ3) is 2.19. The van der Waals surface area contributed by atoms with Crippen LogP contribution in [-0.2, 0) is 0 Å². The molecular formula is C14H16ClN5. The first kappa shape index (κ1) is 13.1.